The Hall–Kier alpha value is -1.10. The molecule has 2 heterocycles. The summed E-state index contributed by atoms with van der Waals surface area (Å²) in [6, 6.07) is 5.57. The molecular weight excluding hydrogens is 324 g/mol. The van der Waals surface area contributed by atoms with E-state index in [1.165, 1.54) is 12.8 Å². The fourth-order valence-corrected chi connectivity index (χ4v) is 4.33. The maximum atomic E-state index is 12.9. The molecule has 1 N–H and O–H groups in total. The van der Waals surface area contributed by atoms with Gasteiger partial charge in [-0.05, 0) is 57.3 Å². The molecule has 2 saturated heterocycles. The third kappa shape index (κ3) is 3.61. The molecule has 1 aromatic carbocycles. The summed E-state index contributed by atoms with van der Waals surface area (Å²) in [5.41, 5.74) is 1.48. The van der Waals surface area contributed by atoms with Crippen LogP contribution in [0.15, 0.2) is 18.2 Å². The highest BCUT2D eigenvalue weighted by Crippen LogP contribution is 2.34. The van der Waals surface area contributed by atoms with Gasteiger partial charge < -0.3 is 14.9 Å². The SMILES string of the molecule is Cc1cccc(Cl)c1C(=O)N1CCC(CO)(CN2CCCC2)CC1. The number of aliphatic hydroxyl groups is 1. The molecule has 24 heavy (non-hydrogen) atoms. The molecule has 1 amide bonds. The molecule has 2 aliphatic rings. The smallest absolute Gasteiger partial charge is 0.255 e. The number of amides is 1. The number of halogens is 1. The normalized spacial score (nSPS) is 21.2. The fourth-order valence-electron chi connectivity index (χ4n) is 4.03. The van der Waals surface area contributed by atoms with Crippen LogP contribution in [0.3, 0.4) is 0 Å². The van der Waals surface area contributed by atoms with Crippen molar-refractivity contribution in [3.05, 3.63) is 34.3 Å². The number of likely N-dealkylation sites (tertiary alicyclic amines) is 2. The summed E-state index contributed by atoms with van der Waals surface area (Å²) >= 11 is 6.25. The van der Waals surface area contributed by atoms with Crippen LogP contribution in [0.2, 0.25) is 5.02 Å². The molecule has 2 aliphatic heterocycles. The zero-order valence-corrected chi connectivity index (χ0v) is 15.2. The first-order valence-corrected chi connectivity index (χ1v) is 9.30. The molecule has 0 aromatic heterocycles. The van der Waals surface area contributed by atoms with Crippen molar-refractivity contribution in [3.8, 4) is 0 Å². The van der Waals surface area contributed by atoms with E-state index in [-0.39, 0.29) is 17.9 Å². The van der Waals surface area contributed by atoms with Gasteiger partial charge in [0.25, 0.3) is 5.91 Å². The maximum Gasteiger partial charge on any atom is 0.255 e. The van der Waals surface area contributed by atoms with Gasteiger partial charge in [0, 0.05) is 25.0 Å². The van der Waals surface area contributed by atoms with Gasteiger partial charge in [0.2, 0.25) is 0 Å². The van der Waals surface area contributed by atoms with Crippen molar-refractivity contribution >= 4 is 17.5 Å². The molecule has 0 aliphatic carbocycles. The van der Waals surface area contributed by atoms with Gasteiger partial charge in [-0.3, -0.25) is 4.79 Å². The first-order valence-electron chi connectivity index (χ1n) is 8.92. The number of hydrogen-bond donors (Lipinski definition) is 1. The average molecular weight is 351 g/mol. The minimum atomic E-state index is -0.0589. The Bertz CT molecular complexity index is 571. The summed E-state index contributed by atoms with van der Waals surface area (Å²) in [5, 5.41) is 10.5. The quantitative estimate of drug-likeness (QED) is 0.908. The van der Waals surface area contributed by atoms with Crippen molar-refractivity contribution in [1.82, 2.24) is 9.80 Å². The second-order valence-corrected chi connectivity index (χ2v) is 7.77. The van der Waals surface area contributed by atoms with Crippen molar-refractivity contribution in [2.45, 2.75) is 32.6 Å². The molecule has 3 rings (SSSR count). The molecule has 132 valence electrons. The van der Waals surface area contributed by atoms with Crippen molar-refractivity contribution in [2.75, 3.05) is 39.3 Å². The van der Waals surface area contributed by atoms with Crippen molar-refractivity contribution in [2.24, 2.45) is 5.41 Å². The van der Waals surface area contributed by atoms with Crippen molar-refractivity contribution in [1.29, 1.82) is 0 Å². The first kappa shape index (κ1) is 17.7. The topological polar surface area (TPSA) is 43.8 Å². The van der Waals surface area contributed by atoms with Gasteiger partial charge in [-0.15, -0.1) is 0 Å². The van der Waals surface area contributed by atoms with Crippen LogP contribution in [0.1, 0.15) is 41.6 Å². The third-order valence-electron chi connectivity index (χ3n) is 5.64. The lowest BCUT2D eigenvalue weighted by atomic mass is 9.78. The number of rotatable bonds is 4. The Balaban J connectivity index is 1.66. The monoisotopic (exact) mass is 350 g/mol. The van der Waals surface area contributed by atoms with Gasteiger partial charge in [-0.1, -0.05) is 23.7 Å². The highest BCUT2D eigenvalue weighted by Gasteiger charge is 2.38. The predicted octanol–water partition coefficient (Wildman–Crippen LogP) is 2.96. The number of carbonyl (C=O) groups excluding carboxylic acids is 1. The highest BCUT2D eigenvalue weighted by atomic mass is 35.5. The van der Waals surface area contributed by atoms with E-state index in [9.17, 15) is 9.90 Å². The summed E-state index contributed by atoms with van der Waals surface area (Å²) in [6.07, 6.45) is 4.24. The molecule has 0 spiro atoms. The van der Waals surface area contributed by atoms with Crippen LogP contribution >= 0.6 is 11.6 Å². The molecule has 0 atom stereocenters. The zero-order valence-electron chi connectivity index (χ0n) is 14.4. The largest absolute Gasteiger partial charge is 0.396 e. The molecule has 0 unspecified atom stereocenters. The first-order chi connectivity index (χ1) is 11.5. The van der Waals surface area contributed by atoms with Crippen LogP contribution in [-0.4, -0.2) is 60.1 Å². The van der Waals surface area contributed by atoms with Gasteiger partial charge in [0.15, 0.2) is 0 Å². The standard InChI is InChI=1S/C19H27ClN2O2/c1-15-5-4-6-16(20)17(15)18(24)22-11-7-19(14-23,8-12-22)13-21-9-2-3-10-21/h4-6,23H,2-3,7-14H2,1H3. The lowest BCUT2D eigenvalue weighted by Crippen LogP contribution is -2.49. The van der Waals surface area contributed by atoms with E-state index < -0.39 is 0 Å². The molecule has 1 aromatic rings. The number of piperidine rings is 1. The van der Waals surface area contributed by atoms with Crippen LogP contribution in [0, 0.1) is 12.3 Å². The summed E-state index contributed by atoms with van der Waals surface area (Å²) in [6.45, 7) is 6.75. The number of nitrogens with zero attached hydrogens (tertiary/aromatic N) is 2. The minimum absolute atomic E-state index is 0.0193. The van der Waals surface area contributed by atoms with E-state index in [0.29, 0.717) is 23.7 Å². The zero-order chi connectivity index (χ0) is 17.2. The van der Waals surface area contributed by atoms with E-state index in [1.807, 2.05) is 24.0 Å². The Kier molecular flexibility index (Phi) is 5.48. The van der Waals surface area contributed by atoms with Gasteiger partial charge in [0.05, 0.1) is 17.2 Å². The molecular formula is C19H27ClN2O2. The van der Waals surface area contributed by atoms with Crippen LogP contribution < -0.4 is 0 Å². The molecule has 0 radical (unpaired) electrons. The van der Waals surface area contributed by atoms with E-state index in [0.717, 1.165) is 38.0 Å². The Morgan fingerprint density at radius 3 is 2.46 bits per heavy atom. The number of aliphatic hydroxyl groups excluding tert-OH is 1. The van der Waals surface area contributed by atoms with Crippen LogP contribution in [0.5, 0.6) is 0 Å². The number of carbonyl (C=O) groups is 1. The Morgan fingerprint density at radius 2 is 1.88 bits per heavy atom. The van der Waals surface area contributed by atoms with Gasteiger partial charge in [-0.2, -0.15) is 0 Å². The predicted molar refractivity (Wildman–Crippen MR) is 96.5 cm³/mol. The molecule has 4 nitrogen and oxygen atoms in total. The average Bonchev–Trinajstić information content (AvgIpc) is 3.08. The lowest BCUT2D eigenvalue weighted by molar-refractivity contribution is 0.0179. The second kappa shape index (κ2) is 7.42. The van der Waals surface area contributed by atoms with Gasteiger partial charge in [-0.25, -0.2) is 0 Å². The fraction of sp³-hybridized carbons (Fsp3) is 0.632. The summed E-state index contributed by atoms with van der Waals surface area (Å²) < 4.78 is 0. The number of hydrogen-bond acceptors (Lipinski definition) is 3. The van der Waals surface area contributed by atoms with Crippen LogP contribution in [0.25, 0.3) is 0 Å². The second-order valence-electron chi connectivity index (χ2n) is 7.37. The molecule has 0 bridgehead atoms. The molecule has 5 heteroatoms. The summed E-state index contributed by atoms with van der Waals surface area (Å²) in [4.78, 5) is 17.2. The van der Waals surface area contributed by atoms with Crippen LogP contribution in [0.4, 0.5) is 0 Å². The van der Waals surface area contributed by atoms with E-state index in [1.54, 1.807) is 6.07 Å². The van der Waals surface area contributed by atoms with Crippen molar-refractivity contribution in [3.63, 3.8) is 0 Å². The Morgan fingerprint density at radius 1 is 1.21 bits per heavy atom. The molecule has 0 saturated carbocycles. The van der Waals surface area contributed by atoms with Gasteiger partial charge in [0.1, 0.15) is 0 Å². The minimum Gasteiger partial charge on any atom is -0.396 e. The van der Waals surface area contributed by atoms with Crippen molar-refractivity contribution < 1.29 is 9.90 Å². The lowest BCUT2D eigenvalue weighted by Gasteiger charge is -2.43. The Labute approximate surface area is 149 Å². The van der Waals surface area contributed by atoms with E-state index >= 15 is 0 Å². The van der Waals surface area contributed by atoms with E-state index in [2.05, 4.69) is 4.90 Å². The highest BCUT2D eigenvalue weighted by molar-refractivity contribution is 6.34. The number of benzene rings is 1. The molecule has 2 fully saturated rings. The summed E-state index contributed by atoms with van der Waals surface area (Å²) in [7, 11) is 0. The van der Waals surface area contributed by atoms with E-state index in [4.69, 9.17) is 11.6 Å². The maximum absolute atomic E-state index is 12.9. The van der Waals surface area contributed by atoms with Gasteiger partial charge >= 0.3 is 0 Å². The van der Waals surface area contributed by atoms with Crippen LogP contribution in [-0.2, 0) is 0 Å². The third-order valence-corrected chi connectivity index (χ3v) is 5.96. The number of aryl methyl sites for hydroxylation is 1. The summed E-state index contributed by atoms with van der Waals surface area (Å²) in [5.74, 6) is 0.0193.